The van der Waals surface area contributed by atoms with Gasteiger partial charge in [-0.1, -0.05) is 19.1 Å². The van der Waals surface area contributed by atoms with Crippen LogP contribution in [0.3, 0.4) is 0 Å². The molecule has 0 unspecified atom stereocenters. The number of anilines is 1. The lowest BCUT2D eigenvalue weighted by atomic mass is 9.97. The molecule has 5 nitrogen and oxygen atoms in total. The van der Waals surface area contributed by atoms with Gasteiger partial charge in [-0.3, -0.25) is 4.79 Å². The van der Waals surface area contributed by atoms with Crippen LogP contribution in [0.25, 0.3) is 0 Å². The van der Waals surface area contributed by atoms with Gasteiger partial charge in [0.1, 0.15) is 17.6 Å². The highest BCUT2D eigenvalue weighted by atomic mass is 16.5. The van der Waals surface area contributed by atoms with Crippen molar-refractivity contribution in [3.05, 3.63) is 54.1 Å². The molecule has 1 aliphatic carbocycles. The molecule has 1 saturated carbocycles. The summed E-state index contributed by atoms with van der Waals surface area (Å²) in [5.74, 6) is 2.97. The minimum Gasteiger partial charge on any atom is -0.493 e. The third kappa shape index (κ3) is 5.26. The maximum absolute atomic E-state index is 11.9. The van der Waals surface area contributed by atoms with E-state index in [4.69, 9.17) is 9.47 Å². The van der Waals surface area contributed by atoms with Crippen molar-refractivity contribution in [1.82, 2.24) is 4.90 Å². The van der Waals surface area contributed by atoms with Crippen molar-refractivity contribution in [1.29, 1.82) is 0 Å². The fraction of sp³-hybridized carbons (Fsp3) is 0.480. The van der Waals surface area contributed by atoms with Crippen LogP contribution in [0.2, 0.25) is 0 Å². The topological polar surface area (TPSA) is 42.0 Å². The van der Waals surface area contributed by atoms with Crippen molar-refractivity contribution in [3.8, 4) is 11.5 Å². The Hall–Kier alpha value is -2.69. The zero-order valence-corrected chi connectivity index (χ0v) is 18.2. The Kier molecular flexibility index (Phi) is 6.16. The van der Waals surface area contributed by atoms with E-state index in [1.807, 2.05) is 12.1 Å². The first-order valence-electron chi connectivity index (χ1n) is 10.9. The Labute approximate surface area is 179 Å². The number of hydrogen-bond donors (Lipinski definition) is 0. The molecule has 4 rings (SSSR count). The Morgan fingerprint density at radius 2 is 1.67 bits per heavy atom. The summed E-state index contributed by atoms with van der Waals surface area (Å²) in [6.07, 6.45) is 3.35. The van der Waals surface area contributed by atoms with Crippen molar-refractivity contribution >= 4 is 11.6 Å². The molecule has 1 aliphatic heterocycles. The first-order chi connectivity index (χ1) is 14.5. The van der Waals surface area contributed by atoms with E-state index >= 15 is 0 Å². The van der Waals surface area contributed by atoms with Gasteiger partial charge in [0, 0.05) is 26.2 Å². The smallest absolute Gasteiger partial charge is 0.222 e. The molecule has 2 aromatic rings. The van der Waals surface area contributed by atoms with Crippen molar-refractivity contribution in [3.63, 3.8) is 0 Å². The lowest BCUT2D eigenvalue weighted by Gasteiger charge is -2.40. The summed E-state index contributed by atoms with van der Waals surface area (Å²) in [6, 6.07) is 16.5. The third-order valence-electron chi connectivity index (χ3n) is 5.96. The minimum absolute atomic E-state index is 0.153. The maximum atomic E-state index is 11.9. The van der Waals surface area contributed by atoms with Gasteiger partial charge in [0.2, 0.25) is 5.91 Å². The summed E-state index contributed by atoms with van der Waals surface area (Å²) in [7, 11) is 3.59. The lowest BCUT2D eigenvalue weighted by molar-refractivity contribution is -0.129. The van der Waals surface area contributed by atoms with Crippen LogP contribution in [0, 0.1) is 5.92 Å². The highest BCUT2D eigenvalue weighted by molar-refractivity contribution is 5.76. The molecule has 2 aromatic carbocycles. The summed E-state index contributed by atoms with van der Waals surface area (Å²) in [4.78, 5) is 15.9. The van der Waals surface area contributed by atoms with E-state index in [1.165, 1.54) is 18.5 Å². The predicted octanol–water partition coefficient (Wildman–Crippen LogP) is 4.32. The molecular formula is C25H32N2O3. The van der Waals surface area contributed by atoms with E-state index in [0.717, 1.165) is 42.7 Å². The van der Waals surface area contributed by atoms with Crippen LogP contribution in [-0.4, -0.2) is 50.7 Å². The maximum Gasteiger partial charge on any atom is 0.222 e. The standard InChI is InChI=1S/C25H32N2O3/c1-18(14-25(28)26(2)3)20-6-10-23(11-7-20)30-24-15-27(16-24)21-8-12-22(13-9-21)29-17-19-4-5-19/h6-13,18-19,24H,4-5,14-17H2,1-3H3/t18-/m1/s1. The van der Waals surface area contributed by atoms with Crippen molar-refractivity contribution < 1.29 is 14.3 Å². The number of benzene rings is 2. The number of hydrogen-bond acceptors (Lipinski definition) is 4. The quantitative estimate of drug-likeness (QED) is 0.620. The fourth-order valence-electron chi connectivity index (χ4n) is 3.61. The zero-order chi connectivity index (χ0) is 21.1. The van der Waals surface area contributed by atoms with E-state index in [9.17, 15) is 4.79 Å². The molecule has 30 heavy (non-hydrogen) atoms. The second-order valence-electron chi connectivity index (χ2n) is 8.86. The lowest BCUT2D eigenvalue weighted by Crippen LogP contribution is -2.54. The van der Waals surface area contributed by atoms with Gasteiger partial charge < -0.3 is 19.3 Å². The molecular weight excluding hydrogens is 376 g/mol. The average molecular weight is 409 g/mol. The Bertz CT molecular complexity index is 838. The fourth-order valence-corrected chi connectivity index (χ4v) is 3.61. The molecule has 1 saturated heterocycles. The van der Waals surface area contributed by atoms with Crippen LogP contribution in [0.4, 0.5) is 5.69 Å². The van der Waals surface area contributed by atoms with Crippen LogP contribution in [0.1, 0.15) is 37.7 Å². The van der Waals surface area contributed by atoms with Crippen molar-refractivity contribution in [2.45, 2.75) is 38.2 Å². The van der Waals surface area contributed by atoms with Crippen molar-refractivity contribution in [2.24, 2.45) is 5.92 Å². The molecule has 1 heterocycles. The normalized spacial score (nSPS) is 17.2. The SMILES string of the molecule is C[C@H](CC(=O)N(C)C)c1ccc(OC2CN(c3ccc(OCC4CC4)cc3)C2)cc1. The van der Waals surface area contributed by atoms with E-state index in [0.29, 0.717) is 6.42 Å². The molecule has 1 atom stereocenters. The number of nitrogens with zero attached hydrogens (tertiary/aromatic N) is 2. The van der Waals surface area contributed by atoms with E-state index in [2.05, 4.69) is 48.2 Å². The van der Waals surface area contributed by atoms with Crippen LogP contribution < -0.4 is 14.4 Å². The molecule has 2 aliphatic rings. The minimum atomic E-state index is 0.153. The number of carbonyl (C=O) groups is 1. The van der Waals surface area contributed by atoms with Gasteiger partial charge in [-0.15, -0.1) is 0 Å². The Morgan fingerprint density at radius 3 is 2.27 bits per heavy atom. The molecule has 0 radical (unpaired) electrons. The highest BCUT2D eigenvalue weighted by Crippen LogP contribution is 2.31. The van der Waals surface area contributed by atoms with Gasteiger partial charge in [0.05, 0.1) is 19.7 Å². The van der Waals surface area contributed by atoms with Crippen LogP contribution in [0.15, 0.2) is 48.5 Å². The van der Waals surface area contributed by atoms with E-state index in [-0.39, 0.29) is 17.9 Å². The molecule has 0 spiro atoms. The van der Waals surface area contributed by atoms with Gasteiger partial charge >= 0.3 is 0 Å². The highest BCUT2D eigenvalue weighted by Gasteiger charge is 2.29. The third-order valence-corrected chi connectivity index (χ3v) is 5.96. The molecule has 0 aromatic heterocycles. The van der Waals surface area contributed by atoms with Gasteiger partial charge in [0.25, 0.3) is 0 Å². The first-order valence-corrected chi connectivity index (χ1v) is 10.9. The van der Waals surface area contributed by atoms with Crippen LogP contribution in [0.5, 0.6) is 11.5 Å². The first kappa shape index (κ1) is 20.6. The number of amides is 1. The predicted molar refractivity (Wildman–Crippen MR) is 119 cm³/mol. The van der Waals surface area contributed by atoms with Gasteiger partial charge in [-0.2, -0.15) is 0 Å². The van der Waals surface area contributed by atoms with Gasteiger partial charge in [-0.25, -0.2) is 0 Å². The largest absolute Gasteiger partial charge is 0.493 e. The number of ether oxygens (including phenoxy) is 2. The summed E-state index contributed by atoms with van der Waals surface area (Å²) in [5.41, 5.74) is 2.38. The van der Waals surface area contributed by atoms with E-state index < -0.39 is 0 Å². The molecule has 160 valence electrons. The average Bonchev–Trinajstić information content (AvgIpc) is 3.54. The van der Waals surface area contributed by atoms with Gasteiger partial charge in [-0.05, 0) is 66.6 Å². The molecule has 0 bridgehead atoms. The van der Waals surface area contributed by atoms with E-state index in [1.54, 1.807) is 19.0 Å². The summed E-state index contributed by atoms with van der Waals surface area (Å²) < 4.78 is 11.9. The number of rotatable bonds is 9. The van der Waals surface area contributed by atoms with Crippen molar-refractivity contribution in [2.75, 3.05) is 38.7 Å². The molecule has 2 fully saturated rings. The number of carbonyl (C=O) groups excluding carboxylic acids is 1. The summed E-state index contributed by atoms with van der Waals surface area (Å²) in [6.45, 7) is 4.71. The summed E-state index contributed by atoms with van der Waals surface area (Å²) >= 11 is 0. The molecule has 5 heteroatoms. The van der Waals surface area contributed by atoms with Crippen LogP contribution >= 0.6 is 0 Å². The van der Waals surface area contributed by atoms with Gasteiger partial charge in [0.15, 0.2) is 0 Å². The second kappa shape index (κ2) is 8.99. The Morgan fingerprint density at radius 1 is 1.03 bits per heavy atom. The monoisotopic (exact) mass is 408 g/mol. The summed E-state index contributed by atoms with van der Waals surface area (Å²) in [5, 5.41) is 0. The zero-order valence-electron chi connectivity index (χ0n) is 18.2. The molecule has 1 amide bonds. The van der Waals surface area contributed by atoms with Crippen LogP contribution in [-0.2, 0) is 4.79 Å². The second-order valence-corrected chi connectivity index (χ2v) is 8.86. The Balaban J connectivity index is 1.22. The molecule has 0 N–H and O–H groups in total.